The minimum Gasteiger partial charge on any atom is -0.357 e. The Morgan fingerprint density at radius 3 is 2.35 bits per heavy atom. The van der Waals surface area contributed by atoms with Crippen LogP contribution in [0.3, 0.4) is 0 Å². The van der Waals surface area contributed by atoms with Gasteiger partial charge in [-0.15, -0.1) is 11.8 Å². The van der Waals surface area contributed by atoms with E-state index in [2.05, 4.69) is 5.32 Å². The molecule has 2 aromatic rings. The largest absolute Gasteiger partial charge is 0.357 e. The first-order chi connectivity index (χ1) is 12.5. The van der Waals surface area contributed by atoms with E-state index in [-0.39, 0.29) is 11.8 Å². The van der Waals surface area contributed by atoms with Crippen LogP contribution in [0.5, 0.6) is 0 Å². The van der Waals surface area contributed by atoms with Gasteiger partial charge in [0.2, 0.25) is 11.8 Å². The molecule has 1 atom stereocenters. The Morgan fingerprint density at radius 2 is 1.73 bits per heavy atom. The number of carbonyl (C=O) groups is 2. The van der Waals surface area contributed by atoms with Crippen molar-refractivity contribution >= 4 is 35.2 Å². The monoisotopic (exact) mass is 390 g/mol. The maximum atomic E-state index is 12.8. The van der Waals surface area contributed by atoms with Crippen molar-refractivity contribution in [2.24, 2.45) is 0 Å². The van der Waals surface area contributed by atoms with Gasteiger partial charge in [0.05, 0.1) is 5.75 Å². The number of nitrogens with one attached hydrogen (secondary N) is 1. The summed E-state index contributed by atoms with van der Waals surface area (Å²) < 4.78 is 0. The molecule has 2 amide bonds. The summed E-state index contributed by atoms with van der Waals surface area (Å²) in [4.78, 5) is 26.4. The summed E-state index contributed by atoms with van der Waals surface area (Å²) in [6.45, 7) is 2.17. The zero-order valence-corrected chi connectivity index (χ0v) is 16.5. The first-order valence-electron chi connectivity index (χ1n) is 8.38. The second-order valence-corrected chi connectivity index (χ2v) is 7.34. The highest BCUT2D eigenvalue weighted by Gasteiger charge is 2.25. The first kappa shape index (κ1) is 20.3. The number of hydrogen-bond donors (Lipinski definition) is 1. The number of benzene rings is 2. The van der Waals surface area contributed by atoms with E-state index < -0.39 is 6.04 Å². The summed E-state index contributed by atoms with van der Waals surface area (Å²) in [5, 5.41) is 3.32. The zero-order valence-electron chi connectivity index (χ0n) is 14.9. The normalized spacial score (nSPS) is 11.7. The van der Waals surface area contributed by atoms with Gasteiger partial charge in [-0.3, -0.25) is 9.59 Å². The Morgan fingerprint density at radius 1 is 1.08 bits per heavy atom. The molecular formula is C20H23ClN2O2S. The predicted molar refractivity (Wildman–Crippen MR) is 108 cm³/mol. The lowest BCUT2D eigenvalue weighted by Gasteiger charge is -2.28. The quantitative estimate of drug-likeness (QED) is 0.747. The van der Waals surface area contributed by atoms with E-state index in [9.17, 15) is 9.59 Å². The molecule has 0 aliphatic rings. The maximum absolute atomic E-state index is 12.8. The average Bonchev–Trinajstić information content (AvgIpc) is 2.67. The van der Waals surface area contributed by atoms with Gasteiger partial charge in [0.1, 0.15) is 6.04 Å². The van der Waals surface area contributed by atoms with Crippen LogP contribution in [-0.4, -0.2) is 35.6 Å². The topological polar surface area (TPSA) is 49.4 Å². The number of rotatable bonds is 8. The number of hydrogen-bond acceptors (Lipinski definition) is 3. The van der Waals surface area contributed by atoms with Gasteiger partial charge in [-0.2, -0.15) is 0 Å². The van der Waals surface area contributed by atoms with Gasteiger partial charge < -0.3 is 10.2 Å². The van der Waals surface area contributed by atoms with E-state index >= 15 is 0 Å². The van der Waals surface area contributed by atoms with Gasteiger partial charge >= 0.3 is 0 Å². The molecule has 0 saturated heterocycles. The molecule has 6 heteroatoms. The standard InChI is InChI=1S/C20H23ClN2O2S/c1-15(20(25)22-2)23(12-16-6-4-3-5-7-16)19(24)14-26-13-17-8-10-18(21)11-9-17/h3-11,15H,12-14H2,1-2H3,(H,22,25). The lowest BCUT2D eigenvalue weighted by Crippen LogP contribution is -2.47. The van der Waals surface area contributed by atoms with E-state index in [0.29, 0.717) is 17.3 Å². The molecule has 0 radical (unpaired) electrons. The van der Waals surface area contributed by atoms with Crippen molar-refractivity contribution in [3.63, 3.8) is 0 Å². The fraction of sp³-hybridized carbons (Fsp3) is 0.300. The molecule has 0 heterocycles. The Kier molecular flexibility index (Phi) is 8.01. The molecule has 1 unspecified atom stereocenters. The number of amides is 2. The minimum atomic E-state index is -0.524. The van der Waals surface area contributed by atoms with Crippen LogP contribution in [0, 0.1) is 0 Å². The van der Waals surface area contributed by atoms with Gasteiger partial charge in [-0.25, -0.2) is 0 Å². The number of halogens is 1. The smallest absolute Gasteiger partial charge is 0.242 e. The van der Waals surface area contributed by atoms with Crippen LogP contribution in [0.15, 0.2) is 54.6 Å². The van der Waals surface area contributed by atoms with Crippen molar-refractivity contribution in [2.45, 2.75) is 25.3 Å². The summed E-state index contributed by atoms with van der Waals surface area (Å²) in [6.07, 6.45) is 0. The zero-order chi connectivity index (χ0) is 18.9. The molecule has 26 heavy (non-hydrogen) atoms. The molecular weight excluding hydrogens is 368 g/mol. The highest BCUT2D eigenvalue weighted by molar-refractivity contribution is 7.99. The highest BCUT2D eigenvalue weighted by atomic mass is 35.5. The molecule has 0 fully saturated rings. The van der Waals surface area contributed by atoms with Crippen LogP contribution >= 0.6 is 23.4 Å². The van der Waals surface area contributed by atoms with Crippen molar-refractivity contribution in [3.05, 3.63) is 70.7 Å². The number of nitrogens with zero attached hydrogens (tertiary/aromatic N) is 1. The summed E-state index contributed by atoms with van der Waals surface area (Å²) in [5.41, 5.74) is 2.11. The third-order valence-electron chi connectivity index (χ3n) is 4.02. The van der Waals surface area contributed by atoms with Crippen molar-refractivity contribution in [1.82, 2.24) is 10.2 Å². The second-order valence-electron chi connectivity index (χ2n) is 5.92. The summed E-state index contributed by atoms with van der Waals surface area (Å²) in [6, 6.07) is 16.8. The molecule has 0 aliphatic heterocycles. The fourth-order valence-electron chi connectivity index (χ4n) is 2.49. The number of carbonyl (C=O) groups excluding carboxylic acids is 2. The first-order valence-corrected chi connectivity index (χ1v) is 9.91. The van der Waals surface area contributed by atoms with Crippen molar-refractivity contribution < 1.29 is 9.59 Å². The van der Waals surface area contributed by atoms with Gasteiger partial charge in [0.15, 0.2) is 0 Å². The van der Waals surface area contributed by atoms with Crippen LogP contribution in [0.2, 0.25) is 5.02 Å². The Hall–Kier alpha value is -1.98. The van der Waals surface area contributed by atoms with Crippen molar-refractivity contribution in [2.75, 3.05) is 12.8 Å². The van der Waals surface area contributed by atoms with Crippen LogP contribution < -0.4 is 5.32 Å². The molecule has 0 spiro atoms. The van der Waals surface area contributed by atoms with Crippen LogP contribution in [0.25, 0.3) is 0 Å². The second kappa shape index (κ2) is 10.2. The predicted octanol–water partition coefficient (Wildman–Crippen LogP) is 3.74. The summed E-state index contributed by atoms with van der Waals surface area (Å²) in [7, 11) is 1.58. The molecule has 2 rings (SSSR count). The number of thioether (sulfide) groups is 1. The van der Waals surface area contributed by atoms with Crippen LogP contribution in [-0.2, 0) is 21.9 Å². The molecule has 2 aromatic carbocycles. The average molecular weight is 391 g/mol. The SMILES string of the molecule is CNC(=O)C(C)N(Cc1ccccc1)C(=O)CSCc1ccc(Cl)cc1. The molecule has 0 aromatic heterocycles. The minimum absolute atomic E-state index is 0.0519. The van der Waals surface area contributed by atoms with Gasteiger partial charge in [-0.05, 0) is 30.2 Å². The highest BCUT2D eigenvalue weighted by Crippen LogP contribution is 2.17. The van der Waals surface area contributed by atoms with E-state index in [4.69, 9.17) is 11.6 Å². The molecule has 0 saturated carbocycles. The van der Waals surface area contributed by atoms with E-state index in [1.807, 2.05) is 54.6 Å². The molecule has 0 aliphatic carbocycles. The number of likely N-dealkylation sites (N-methyl/N-ethyl adjacent to an activating group) is 1. The van der Waals surface area contributed by atoms with Gasteiger partial charge in [-0.1, -0.05) is 54.1 Å². The summed E-state index contributed by atoms with van der Waals surface area (Å²) >= 11 is 7.42. The molecule has 0 bridgehead atoms. The molecule has 1 N–H and O–H groups in total. The lowest BCUT2D eigenvalue weighted by molar-refractivity contribution is -0.138. The third kappa shape index (κ3) is 6.07. The Balaban J connectivity index is 1.99. The summed E-state index contributed by atoms with van der Waals surface area (Å²) in [5.74, 6) is 0.814. The van der Waals surface area contributed by atoms with E-state index in [1.165, 1.54) is 11.8 Å². The van der Waals surface area contributed by atoms with Gasteiger partial charge in [0.25, 0.3) is 0 Å². The molecule has 138 valence electrons. The van der Waals surface area contributed by atoms with Crippen molar-refractivity contribution in [1.29, 1.82) is 0 Å². The maximum Gasteiger partial charge on any atom is 0.242 e. The third-order valence-corrected chi connectivity index (χ3v) is 5.26. The Bertz CT molecular complexity index is 722. The Labute approximate surface area is 163 Å². The van der Waals surface area contributed by atoms with Crippen LogP contribution in [0.4, 0.5) is 0 Å². The lowest BCUT2D eigenvalue weighted by atomic mass is 10.1. The fourth-order valence-corrected chi connectivity index (χ4v) is 3.49. The van der Waals surface area contributed by atoms with E-state index in [1.54, 1.807) is 18.9 Å². The van der Waals surface area contributed by atoms with Crippen LogP contribution in [0.1, 0.15) is 18.1 Å². The molecule has 4 nitrogen and oxygen atoms in total. The van der Waals surface area contributed by atoms with Crippen molar-refractivity contribution in [3.8, 4) is 0 Å². The van der Waals surface area contributed by atoms with E-state index in [0.717, 1.165) is 16.9 Å². The van der Waals surface area contributed by atoms with Gasteiger partial charge in [0, 0.05) is 24.4 Å².